The molecule has 2 N–H and O–H groups in total. The molecule has 112 valence electrons. The summed E-state index contributed by atoms with van der Waals surface area (Å²) in [6.07, 6.45) is 0.463. The first kappa shape index (κ1) is 15.0. The Labute approximate surface area is 115 Å². The van der Waals surface area contributed by atoms with Gasteiger partial charge in [0.1, 0.15) is 18.2 Å². The smallest absolute Gasteiger partial charge is 0.384 e. The molecule has 0 atom stereocenters. The van der Waals surface area contributed by atoms with Crippen LogP contribution in [0.25, 0.3) is 0 Å². The minimum atomic E-state index is -4.30. The number of anilines is 1. The number of nitrogen functional groups attached to an aromatic ring is 1. The monoisotopic (exact) mass is 289 g/mol. The lowest BCUT2D eigenvalue weighted by Gasteiger charge is -2.11. The van der Waals surface area contributed by atoms with Crippen molar-refractivity contribution in [3.05, 3.63) is 17.6 Å². The van der Waals surface area contributed by atoms with Crippen molar-refractivity contribution in [3.8, 4) is 0 Å². The molecule has 1 aliphatic rings. The van der Waals surface area contributed by atoms with E-state index in [1.165, 1.54) is 12.8 Å². The number of hydrogen-bond acceptors (Lipinski definition) is 4. The molecule has 2 rings (SSSR count). The second-order valence-electron chi connectivity index (χ2n) is 5.03. The van der Waals surface area contributed by atoms with Crippen LogP contribution in [0, 0.1) is 0 Å². The van der Waals surface area contributed by atoms with Crippen molar-refractivity contribution in [3.63, 3.8) is 0 Å². The van der Waals surface area contributed by atoms with Gasteiger partial charge in [-0.25, -0.2) is 9.97 Å². The zero-order chi connectivity index (χ0) is 14.6. The molecule has 1 aromatic heterocycles. The number of hydrogen-bond donors (Lipinski definition) is 1. The Hall–Kier alpha value is -1.37. The SMILES string of the molecule is Nc1cc(C2CCCC2)nc(CCOCC(F)(F)F)n1. The summed E-state index contributed by atoms with van der Waals surface area (Å²) in [5, 5.41) is 0. The zero-order valence-electron chi connectivity index (χ0n) is 11.1. The van der Waals surface area contributed by atoms with Gasteiger partial charge in [0, 0.05) is 24.1 Å². The normalized spacial score (nSPS) is 16.8. The Morgan fingerprint density at radius 3 is 2.60 bits per heavy atom. The highest BCUT2D eigenvalue weighted by atomic mass is 19.4. The summed E-state index contributed by atoms with van der Waals surface area (Å²) in [5.74, 6) is 1.22. The average molecular weight is 289 g/mol. The summed E-state index contributed by atoms with van der Waals surface area (Å²) in [6.45, 7) is -1.31. The number of ether oxygens (including phenoxy) is 1. The third-order valence-corrected chi connectivity index (χ3v) is 3.32. The van der Waals surface area contributed by atoms with Crippen LogP contribution < -0.4 is 5.73 Å². The minimum absolute atomic E-state index is 0.0624. The average Bonchev–Trinajstić information content (AvgIpc) is 2.86. The number of nitrogens with zero attached hydrogens (tertiary/aromatic N) is 2. The maximum atomic E-state index is 11.9. The molecule has 4 nitrogen and oxygen atoms in total. The Bertz CT molecular complexity index is 445. The number of rotatable bonds is 5. The van der Waals surface area contributed by atoms with Crippen molar-refractivity contribution < 1.29 is 17.9 Å². The van der Waals surface area contributed by atoms with Crippen LogP contribution in [-0.2, 0) is 11.2 Å². The second-order valence-corrected chi connectivity index (χ2v) is 5.03. The third kappa shape index (κ3) is 4.63. The zero-order valence-corrected chi connectivity index (χ0v) is 11.1. The molecule has 0 spiro atoms. The Morgan fingerprint density at radius 2 is 1.95 bits per heavy atom. The molecule has 0 amide bonds. The van der Waals surface area contributed by atoms with Gasteiger partial charge < -0.3 is 10.5 Å². The van der Waals surface area contributed by atoms with Gasteiger partial charge in [-0.3, -0.25) is 0 Å². The van der Waals surface area contributed by atoms with Crippen LogP contribution in [0.3, 0.4) is 0 Å². The van der Waals surface area contributed by atoms with Crippen LogP contribution in [-0.4, -0.2) is 29.4 Å². The number of halogens is 3. The predicted molar refractivity (Wildman–Crippen MR) is 68.2 cm³/mol. The van der Waals surface area contributed by atoms with E-state index in [1.807, 2.05) is 0 Å². The highest BCUT2D eigenvalue weighted by Crippen LogP contribution is 2.33. The number of alkyl halides is 3. The molecule has 0 aromatic carbocycles. The fourth-order valence-electron chi connectivity index (χ4n) is 2.43. The van der Waals surface area contributed by atoms with Crippen LogP contribution in [0.1, 0.15) is 43.1 Å². The molecule has 0 saturated heterocycles. The van der Waals surface area contributed by atoms with E-state index >= 15 is 0 Å². The molecule has 1 fully saturated rings. The van der Waals surface area contributed by atoms with Crippen LogP contribution >= 0.6 is 0 Å². The molecule has 1 aliphatic carbocycles. The lowest BCUT2D eigenvalue weighted by molar-refractivity contribution is -0.173. The van der Waals surface area contributed by atoms with Gasteiger partial charge in [0.05, 0.1) is 6.61 Å². The molecule has 1 heterocycles. The van der Waals surface area contributed by atoms with E-state index in [4.69, 9.17) is 5.73 Å². The van der Waals surface area contributed by atoms with Crippen LogP contribution in [0.15, 0.2) is 6.07 Å². The molecule has 20 heavy (non-hydrogen) atoms. The molecule has 0 radical (unpaired) electrons. The number of aromatic nitrogens is 2. The van der Waals surface area contributed by atoms with Crippen molar-refractivity contribution in [2.45, 2.75) is 44.2 Å². The van der Waals surface area contributed by atoms with Crippen molar-refractivity contribution >= 4 is 5.82 Å². The largest absolute Gasteiger partial charge is 0.411 e. The standard InChI is InChI=1S/C13H18F3N3O/c14-13(15,16)8-20-6-5-12-18-10(7-11(17)19-12)9-3-1-2-4-9/h7,9H,1-6,8H2,(H2,17,18,19). The highest BCUT2D eigenvalue weighted by molar-refractivity contribution is 5.31. The van der Waals surface area contributed by atoms with Gasteiger partial charge in [-0.2, -0.15) is 13.2 Å². The van der Waals surface area contributed by atoms with E-state index in [0.29, 0.717) is 17.6 Å². The van der Waals surface area contributed by atoms with Gasteiger partial charge in [0.2, 0.25) is 0 Å². The molecule has 0 aliphatic heterocycles. The summed E-state index contributed by atoms with van der Waals surface area (Å²) in [4.78, 5) is 8.44. The first-order valence-corrected chi connectivity index (χ1v) is 6.72. The summed E-state index contributed by atoms with van der Waals surface area (Å²) in [5.41, 5.74) is 6.63. The fraction of sp³-hybridized carbons (Fsp3) is 0.692. The highest BCUT2D eigenvalue weighted by Gasteiger charge is 2.27. The van der Waals surface area contributed by atoms with E-state index in [1.54, 1.807) is 6.07 Å². The molecule has 0 bridgehead atoms. The molecule has 1 aromatic rings. The molecular formula is C13H18F3N3O. The van der Waals surface area contributed by atoms with Gasteiger partial charge in [0.15, 0.2) is 0 Å². The van der Waals surface area contributed by atoms with Crippen LogP contribution in [0.4, 0.5) is 19.0 Å². The van der Waals surface area contributed by atoms with Gasteiger partial charge in [-0.1, -0.05) is 12.8 Å². The van der Waals surface area contributed by atoms with Gasteiger partial charge in [0.25, 0.3) is 0 Å². The Balaban J connectivity index is 1.91. The first-order valence-electron chi connectivity index (χ1n) is 6.72. The predicted octanol–water partition coefficient (Wildman–Crippen LogP) is 2.84. The van der Waals surface area contributed by atoms with Crippen molar-refractivity contribution in [2.24, 2.45) is 0 Å². The maximum Gasteiger partial charge on any atom is 0.411 e. The maximum absolute atomic E-state index is 11.9. The van der Waals surface area contributed by atoms with Gasteiger partial charge in [-0.15, -0.1) is 0 Å². The third-order valence-electron chi connectivity index (χ3n) is 3.32. The lowest BCUT2D eigenvalue weighted by Crippen LogP contribution is -2.18. The first-order chi connectivity index (χ1) is 9.44. The minimum Gasteiger partial charge on any atom is -0.384 e. The van der Waals surface area contributed by atoms with Crippen molar-refractivity contribution in [1.29, 1.82) is 0 Å². The molecule has 0 unspecified atom stereocenters. The van der Waals surface area contributed by atoms with Gasteiger partial charge >= 0.3 is 6.18 Å². The van der Waals surface area contributed by atoms with E-state index in [0.717, 1.165) is 18.5 Å². The molecule has 7 heteroatoms. The van der Waals surface area contributed by atoms with Crippen LogP contribution in [0.5, 0.6) is 0 Å². The topological polar surface area (TPSA) is 61.0 Å². The van der Waals surface area contributed by atoms with E-state index in [2.05, 4.69) is 14.7 Å². The fourth-order valence-corrected chi connectivity index (χ4v) is 2.43. The number of nitrogens with two attached hydrogens (primary N) is 1. The molecular weight excluding hydrogens is 271 g/mol. The summed E-state index contributed by atoms with van der Waals surface area (Å²) in [7, 11) is 0. The van der Waals surface area contributed by atoms with Crippen molar-refractivity contribution in [1.82, 2.24) is 9.97 Å². The van der Waals surface area contributed by atoms with E-state index in [-0.39, 0.29) is 13.0 Å². The summed E-state index contributed by atoms with van der Waals surface area (Å²) in [6, 6.07) is 1.76. The second kappa shape index (κ2) is 6.39. The van der Waals surface area contributed by atoms with Crippen LogP contribution in [0.2, 0.25) is 0 Å². The van der Waals surface area contributed by atoms with Crippen molar-refractivity contribution in [2.75, 3.05) is 18.9 Å². The van der Waals surface area contributed by atoms with Gasteiger partial charge in [-0.05, 0) is 12.8 Å². The summed E-state index contributed by atoms with van der Waals surface area (Å²) < 4.78 is 40.4. The Kier molecular flexibility index (Phi) is 4.80. The lowest BCUT2D eigenvalue weighted by atomic mass is 10.0. The quantitative estimate of drug-likeness (QED) is 0.847. The molecule has 1 saturated carbocycles. The van der Waals surface area contributed by atoms with E-state index in [9.17, 15) is 13.2 Å². The van der Waals surface area contributed by atoms with E-state index < -0.39 is 12.8 Å². The summed E-state index contributed by atoms with van der Waals surface area (Å²) >= 11 is 0. The Morgan fingerprint density at radius 1 is 1.25 bits per heavy atom.